The predicted molar refractivity (Wildman–Crippen MR) is 227 cm³/mol. The molecule has 10 rings (SSSR count). The summed E-state index contributed by atoms with van der Waals surface area (Å²) in [5, 5.41) is 2.20. The summed E-state index contributed by atoms with van der Waals surface area (Å²) in [4.78, 5) is 10.6. The minimum atomic E-state index is 0.678. The Morgan fingerprint density at radius 1 is 0.291 bits per heavy atom. The molecule has 2 aromatic heterocycles. The van der Waals surface area contributed by atoms with Gasteiger partial charge in [0.05, 0.1) is 11.4 Å². The van der Waals surface area contributed by atoms with E-state index in [1.807, 2.05) is 24.3 Å². The summed E-state index contributed by atoms with van der Waals surface area (Å²) in [7, 11) is 0. The average molecular weight is 703 g/mol. The van der Waals surface area contributed by atoms with Crippen LogP contribution in [0.5, 0.6) is 0 Å². The lowest BCUT2D eigenvalue weighted by atomic mass is 9.91. The Hall–Kier alpha value is -7.36. The highest BCUT2D eigenvalue weighted by Crippen LogP contribution is 2.41. The van der Waals surface area contributed by atoms with Crippen molar-refractivity contribution in [3.05, 3.63) is 206 Å². The van der Waals surface area contributed by atoms with Crippen molar-refractivity contribution in [2.24, 2.45) is 0 Å². The molecular weight excluding hydrogens is 669 g/mol. The molecular formula is C52H34N2O. The Bertz CT molecular complexity index is 2970. The third-order valence-corrected chi connectivity index (χ3v) is 10.3. The van der Waals surface area contributed by atoms with Gasteiger partial charge in [-0.2, -0.15) is 0 Å². The zero-order valence-corrected chi connectivity index (χ0v) is 29.9. The molecule has 3 nitrogen and oxygen atoms in total. The van der Waals surface area contributed by atoms with Gasteiger partial charge < -0.3 is 4.42 Å². The van der Waals surface area contributed by atoms with Gasteiger partial charge in [0.15, 0.2) is 5.82 Å². The molecule has 0 aliphatic carbocycles. The molecule has 3 heteroatoms. The smallest absolute Gasteiger partial charge is 0.161 e. The van der Waals surface area contributed by atoms with E-state index in [-0.39, 0.29) is 0 Å². The Balaban J connectivity index is 1.23. The Morgan fingerprint density at radius 3 is 1.55 bits per heavy atom. The monoisotopic (exact) mass is 702 g/mol. The molecule has 0 N–H and O–H groups in total. The number of aromatic nitrogens is 2. The van der Waals surface area contributed by atoms with Gasteiger partial charge in [-0.25, -0.2) is 9.97 Å². The molecule has 258 valence electrons. The molecule has 0 bridgehead atoms. The predicted octanol–water partition coefficient (Wildman–Crippen LogP) is 14.0. The molecule has 10 aromatic rings. The maximum absolute atomic E-state index is 6.37. The quantitative estimate of drug-likeness (QED) is 0.166. The first-order valence-electron chi connectivity index (χ1n) is 18.6. The number of para-hydroxylation sites is 1. The molecule has 55 heavy (non-hydrogen) atoms. The molecule has 0 amide bonds. The van der Waals surface area contributed by atoms with Crippen LogP contribution in [0.3, 0.4) is 0 Å². The molecule has 0 radical (unpaired) electrons. The van der Waals surface area contributed by atoms with Crippen LogP contribution in [0.1, 0.15) is 0 Å². The van der Waals surface area contributed by atoms with Gasteiger partial charge in [-0.3, -0.25) is 0 Å². The molecule has 0 saturated heterocycles. The highest BCUT2D eigenvalue weighted by molar-refractivity contribution is 6.12. The first-order chi connectivity index (χ1) is 27.2. The fourth-order valence-electron chi connectivity index (χ4n) is 7.64. The van der Waals surface area contributed by atoms with Gasteiger partial charge in [0.25, 0.3) is 0 Å². The second-order valence-corrected chi connectivity index (χ2v) is 13.8. The van der Waals surface area contributed by atoms with Crippen molar-refractivity contribution >= 4 is 21.9 Å². The van der Waals surface area contributed by atoms with Crippen LogP contribution < -0.4 is 0 Å². The molecule has 0 aliphatic heterocycles. The van der Waals surface area contributed by atoms with Gasteiger partial charge in [-0.1, -0.05) is 164 Å². The zero-order chi connectivity index (χ0) is 36.6. The van der Waals surface area contributed by atoms with Crippen molar-refractivity contribution in [3.8, 4) is 78.4 Å². The third-order valence-electron chi connectivity index (χ3n) is 10.3. The van der Waals surface area contributed by atoms with Crippen LogP contribution in [0.15, 0.2) is 211 Å². The van der Waals surface area contributed by atoms with E-state index in [1.54, 1.807) is 0 Å². The Kier molecular flexibility index (Phi) is 8.16. The normalized spacial score (nSPS) is 11.3. The van der Waals surface area contributed by atoms with Crippen LogP contribution >= 0.6 is 0 Å². The van der Waals surface area contributed by atoms with Crippen LogP contribution in [-0.4, -0.2) is 9.97 Å². The number of hydrogen-bond acceptors (Lipinski definition) is 3. The Morgan fingerprint density at radius 2 is 0.782 bits per heavy atom. The van der Waals surface area contributed by atoms with Gasteiger partial charge in [-0.05, 0) is 87.0 Å². The van der Waals surface area contributed by atoms with Crippen molar-refractivity contribution in [3.63, 3.8) is 0 Å². The van der Waals surface area contributed by atoms with Gasteiger partial charge in [0.1, 0.15) is 11.2 Å². The minimum absolute atomic E-state index is 0.678. The summed E-state index contributed by atoms with van der Waals surface area (Å²) in [6, 6.07) is 72.2. The number of furan rings is 1. The van der Waals surface area contributed by atoms with Crippen LogP contribution in [0.4, 0.5) is 0 Å². The van der Waals surface area contributed by atoms with E-state index >= 15 is 0 Å². The molecule has 0 fully saturated rings. The van der Waals surface area contributed by atoms with Crippen molar-refractivity contribution in [2.45, 2.75) is 0 Å². The van der Waals surface area contributed by atoms with E-state index in [0.717, 1.165) is 83.4 Å². The summed E-state index contributed by atoms with van der Waals surface area (Å²) >= 11 is 0. The average Bonchev–Trinajstić information content (AvgIpc) is 3.66. The largest absolute Gasteiger partial charge is 0.456 e. The fourth-order valence-corrected chi connectivity index (χ4v) is 7.64. The van der Waals surface area contributed by atoms with Crippen LogP contribution in [0, 0.1) is 0 Å². The molecule has 0 unspecified atom stereocenters. The molecule has 0 atom stereocenters. The second-order valence-electron chi connectivity index (χ2n) is 13.8. The standard InChI is InChI=1S/C52H34N2O/c1-4-16-35(17-5-1)38-22-14-23-39(30-38)40-31-41(44-27-15-29-50-51(44)46-26-12-13-28-49(46)55-50)33-42(32-40)48-34-47(37-20-8-3-9-21-37)53-52(54-48)45-25-11-10-24-43(45)36-18-6-2-7-19-36/h1-34H. The molecule has 2 heterocycles. The molecule has 0 saturated carbocycles. The number of benzene rings is 8. The van der Waals surface area contributed by atoms with Gasteiger partial charge in [0, 0.05) is 27.5 Å². The maximum Gasteiger partial charge on any atom is 0.161 e. The number of nitrogens with zero attached hydrogens (tertiary/aromatic N) is 2. The number of rotatable bonds is 7. The minimum Gasteiger partial charge on any atom is -0.456 e. The molecule has 8 aromatic carbocycles. The van der Waals surface area contributed by atoms with E-state index in [4.69, 9.17) is 14.4 Å². The van der Waals surface area contributed by atoms with E-state index in [0.29, 0.717) is 5.82 Å². The van der Waals surface area contributed by atoms with Gasteiger partial charge in [0.2, 0.25) is 0 Å². The highest BCUT2D eigenvalue weighted by atomic mass is 16.3. The summed E-state index contributed by atoms with van der Waals surface area (Å²) in [6.45, 7) is 0. The summed E-state index contributed by atoms with van der Waals surface area (Å²) in [6.07, 6.45) is 0. The lowest BCUT2D eigenvalue weighted by molar-refractivity contribution is 0.669. The third kappa shape index (κ3) is 6.18. The SMILES string of the molecule is c1ccc(-c2cccc(-c3cc(-c4cc(-c5ccccc5)nc(-c5ccccc5-c5ccccc5)n4)cc(-c4cccc5oc6ccccc6c45)c3)c2)cc1. The van der Waals surface area contributed by atoms with E-state index in [2.05, 4.69) is 182 Å². The van der Waals surface area contributed by atoms with Gasteiger partial charge in [-0.15, -0.1) is 0 Å². The van der Waals surface area contributed by atoms with Crippen molar-refractivity contribution in [1.29, 1.82) is 0 Å². The zero-order valence-electron chi connectivity index (χ0n) is 29.9. The number of fused-ring (bicyclic) bond motifs is 3. The van der Waals surface area contributed by atoms with E-state index in [1.165, 1.54) is 11.1 Å². The van der Waals surface area contributed by atoms with Crippen LogP contribution in [-0.2, 0) is 0 Å². The first-order valence-corrected chi connectivity index (χ1v) is 18.6. The fraction of sp³-hybridized carbons (Fsp3) is 0. The van der Waals surface area contributed by atoms with Gasteiger partial charge >= 0.3 is 0 Å². The summed E-state index contributed by atoms with van der Waals surface area (Å²) in [5.41, 5.74) is 15.4. The van der Waals surface area contributed by atoms with Crippen molar-refractivity contribution in [1.82, 2.24) is 9.97 Å². The highest BCUT2D eigenvalue weighted by Gasteiger charge is 2.18. The summed E-state index contributed by atoms with van der Waals surface area (Å²) in [5.74, 6) is 0.678. The van der Waals surface area contributed by atoms with Crippen molar-refractivity contribution in [2.75, 3.05) is 0 Å². The van der Waals surface area contributed by atoms with Crippen LogP contribution in [0.25, 0.3) is 100 Å². The molecule has 0 spiro atoms. The summed E-state index contributed by atoms with van der Waals surface area (Å²) < 4.78 is 6.37. The molecule has 0 aliphatic rings. The lowest BCUT2D eigenvalue weighted by Gasteiger charge is -2.15. The topological polar surface area (TPSA) is 38.9 Å². The van der Waals surface area contributed by atoms with Crippen LogP contribution in [0.2, 0.25) is 0 Å². The van der Waals surface area contributed by atoms with E-state index in [9.17, 15) is 0 Å². The Labute approximate surface area is 319 Å². The lowest BCUT2D eigenvalue weighted by Crippen LogP contribution is -1.98. The van der Waals surface area contributed by atoms with E-state index < -0.39 is 0 Å². The number of hydrogen-bond donors (Lipinski definition) is 0. The first kappa shape index (κ1) is 32.3. The van der Waals surface area contributed by atoms with Crippen molar-refractivity contribution < 1.29 is 4.42 Å². The second kappa shape index (κ2) is 13.9. The maximum atomic E-state index is 6.37.